The fourth-order valence-electron chi connectivity index (χ4n) is 2.63. The molecule has 1 N–H and O–H groups in total. The molecule has 0 bridgehead atoms. The number of carbonyl (C=O) groups is 1. The third-order valence-electron chi connectivity index (χ3n) is 4.14. The zero-order valence-corrected chi connectivity index (χ0v) is 14.6. The van der Waals surface area contributed by atoms with Gasteiger partial charge in [0.1, 0.15) is 5.82 Å². The number of amides is 1. The van der Waals surface area contributed by atoms with E-state index in [-0.39, 0.29) is 24.7 Å². The predicted octanol–water partition coefficient (Wildman–Crippen LogP) is 4.75. The molecule has 0 aliphatic carbocycles. The summed E-state index contributed by atoms with van der Waals surface area (Å²) in [5, 5.41) is 6.39. The van der Waals surface area contributed by atoms with Crippen molar-refractivity contribution in [2.24, 2.45) is 0 Å². The van der Waals surface area contributed by atoms with Gasteiger partial charge in [-0.2, -0.15) is 13.2 Å². The number of benzene rings is 2. The summed E-state index contributed by atoms with van der Waals surface area (Å²) in [6.07, 6.45) is -2.38. The highest BCUT2D eigenvalue weighted by molar-refractivity contribution is 5.76. The highest BCUT2D eigenvalue weighted by Gasteiger charge is 2.29. The van der Waals surface area contributed by atoms with Crippen LogP contribution in [-0.4, -0.2) is 11.1 Å². The van der Waals surface area contributed by atoms with Crippen LogP contribution in [0.15, 0.2) is 59.3 Å². The van der Waals surface area contributed by atoms with Gasteiger partial charge in [0.05, 0.1) is 11.8 Å². The van der Waals surface area contributed by atoms with Crippen LogP contribution in [0.2, 0.25) is 0 Å². The van der Waals surface area contributed by atoms with Gasteiger partial charge in [-0.1, -0.05) is 17.3 Å². The Bertz CT molecular complexity index is 932. The molecule has 0 aliphatic heterocycles. The number of nitrogens with zero attached hydrogens (tertiary/aromatic N) is 1. The predicted molar refractivity (Wildman–Crippen MR) is 93.5 cm³/mol. The maximum Gasteiger partial charge on any atom is 0.416 e. The number of carbonyl (C=O) groups excluding carboxylic acids is 1. The minimum absolute atomic E-state index is 0.130. The molecule has 146 valence electrons. The van der Waals surface area contributed by atoms with E-state index in [9.17, 15) is 22.4 Å². The van der Waals surface area contributed by atoms with E-state index in [2.05, 4.69) is 10.5 Å². The first-order valence-electron chi connectivity index (χ1n) is 8.45. The lowest BCUT2D eigenvalue weighted by Gasteiger charge is -2.08. The molecule has 0 aliphatic rings. The Kier molecular flexibility index (Phi) is 5.77. The third kappa shape index (κ3) is 4.97. The van der Waals surface area contributed by atoms with Gasteiger partial charge >= 0.3 is 6.18 Å². The molecule has 0 spiro atoms. The zero-order valence-electron chi connectivity index (χ0n) is 14.6. The molecule has 4 nitrogen and oxygen atoms in total. The Labute approximate surface area is 158 Å². The number of nitrogens with one attached hydrogen (secondary N) is 1. The summed E-state index contributed by atoms with van der Waals surface area (Å²) in [5.41, 5.74) is 1.19. The van der Waals surface area contributed by atoms with E-state index in [0.29, 0.717) is 28.9 Å². The van der Waals surface area contributed by atoms with E-state index >= 15 is 0 Å². The summed E-state index contributed by atoms with van der Waals surface area (Å²) >= 11 is 0. The van der Waals surface area contributed by atoms with Crippen molar-refractivity contribution in [3.05, 3.63) is 77.2 Å². The average molecular weight is 392 g/mol. The Morgan fingerprint density at radius 3 is 2.36 bits per heavy atom. The van der Waals surface area contributed by atoms with E-state index in [1.54, 1.807) is 12.1 Å². The summed E-state index contributed by atoms with van der Waals surface area (Å²) in [6, 6.07) is 10.3. The normalized spacial score (nSPS) is 11.4. The number of alkyl halides is 3. The Morgan fingerprint density at radius 2 is 1.71 bits per heavy atom. The van der Waals surface area contributed by atoms with E-state index in [4.69, 9.17) is 4.52 Å². The second-order valence-corrected chi connectivity index (χ2v) is 6.16. The molecule has 3 rings (SSSR count). The zero-order chi connectivity index (χ0) is 20.1. The van der Waals surface area contributed by atoms with E-state index in [1.165, 1.54) is 30.5 Å². The molecule has 2 aromatic carbocycles. The van der Waals surface area contributed by atoms with Gasteiger partial charge in [0.25, 0.3) is 0 Å². The van der Waals surface area contributed by atoms with Crippen LogP contribution in [0.4, 0.5) is 17.6 Å². The van der Waals surface area contributed by atoms with Gasteiger partial charge in [0, 0.05) is 24.1 Å². The van der Waals surface area contributed by atoms with E-state index in [0.717, 1.165) is 12.1 Å². The first-order chi connectivity index (χ1) is 13.3. The van der Waals surface area contributed by atoms with Crippen molar-refractivity contribution in [2.45, 2.75) is 25.6 Å². The number of aryl methyl sites for hydroxylation is 1. The van der Waals surface area contributed by atoms with Crippen molar-refractivity contribution in [1.82, 2.24) is 10.5 Å². The molecule has 0 fully saturated rings. The number of halogens is 4. The number of aromatic nitrogens is 1. The van der Waals surface area contributed by atoms with Crippen LogP contribution in [0.1, 0.15) is 23.1 Å². The van der Waals surface area contributed by atoms with Crippen LogP contribution in [0.3, 0.4) is 0 Å². The highest BCUT2D eigenvalue weighted by atomic mass is 19.4. The Hall–Kier alpha value is -3.16. The molecule has 3 aromatic rings. The maximum atomic E-state index is 13.0. The van der Waals surface area contributed by atoms with Crippen molar-refractivity contribution in [3.8, 4) is 11.3 Å². The Balaban J connectivity index is 1.53. The molecule has 8 heteroatoms. The van der Waals surface area contributed by atoms with Crippen molar-refractivity contribution in [3.63, 3.8) is 0 Å². The van der Waals surface area contributed by atoms with Crippen LogP contribution < -0.4 is 5.32 Å². The lowest BCUT2D eigenvalue weighted by atomic mass is 10.1. The van der Waals surface area contributed by atoms with Gasteiger partial charge < -0.3 is 9.84 Å². The van der Waals surface area contributed by atoms with Crippen LogP contribution in [0.5, 0.6) is 0 Å². The van der Waals surface area contributed by atoms with Crippen molar-refractivity contribution >= 4 is 5.91 Å². The summed E-state index contributed by atoms with van der Waals surface area (Å²) in [5.74, 6) is -0.158. The SMILES string of the molecule is O=C(CCc1cnoc1-c1ccc(F)cc1)NCc1ccc(C(F)(F)F)cc1. The fourth-order valence-corrected chi connectivity index (χ4v) is 2.63. The van der Waals surface area contributed by atoms with Crippen LogP contribution in [0.25, 0.3) is 11.3 Å². The first-order valence-corrected chi connectivity index (χ1v) is 8.45. The summed E-state index contributed by atoms with van der Waals surface area (Å²) in [7, 11) is 0. The molecular formula is C20H16F4N2O2. The summed E-state index contributed by atoms with van der Waals surface area (Å²) in [6.45, 7) is 0.130. The minimum atomic E-state index is -4.39. The lowest BCUT2D eigenvalue weighted by Crippen LogP contribution is -2.23. The van der Waals surface area contributed by atoms with Crippen molar-refractivity contribution in [1.29, 1.82) is 0 Å². The quantitative estimate of drug-likeness (QED) is 0.616. The summed E-state index contributed by atoms with van der Waals surface area (Å²) < 4.78 is 55.9. The van der Waals surface area contributed by atoms with Gasteiger partial charge in [-0.3, -0.25) is 4.79 Å². The molecular weight excluding hydrogens is 376 g/mol. The number of rotatable bonds is 6. The van der Waals surface area contributed by atoms with Crippen LogP contribution in [0, 0.1) is 5.82 Å². The first kappa shape index (κ1) is 19.6. The molecule has 1 aromatic heterocycles. The van der Waals surface area contributed by atoms with Crippen molar-refractivity contribution < 1.29 is 26.9 Å². The molecule has 0 saturated carbocycles. The second kappa shape index (κ2) is 8.24. The molecule has 0 radical (unpaired) electrons. The average Bonchev–Trinajstić information content (AvgIpc) is 3.13. The van der Waals surface area contributed by atoms with Gasteiger partial charge in [-0.05, 0) is 48.4 Å². The molecule has 1 heterocycles. The molecule has 0 saturated heterocycles. The largest absolute Gasteiger partial charge is 0.416 e. The molecule has 1 amide bonds. The number of hydrogen-bond donors (Lipinski definition) is 1. The van der Waals surface area contributed by atoms with Gasteiger partial charge in [-0.25, -0.2) is 4.39 Å². The maximum absolute atomic E-state index is 13.0. The Morgan fingerprint density at radius 1 is 1.04 bits per heavy atom. The second-order valence-electron chi connectivity index (χ2n) is 6.16. The van der Waals surface area contributed by atoms with Crippen LogP contribution in [-0.2, 0) is 23.9 Å². The van der Waals surface area contributed by atoms with Gasteiger partial charge in [0.2, 0.25) is 5.91 Å². The third-order valence-corrected chi connectivity index (χ3v) is 4.14. The van der Waals surface area contributed by atoms with Gasteiger partial charge in [0.15, 0.2) is 5.76 Å². The highest BCUT2D eigenvalue weighted by Crippen LogP contribution is 2.29. The van der Waals surface area contributed by atoms with Gasteiger partial charge in [-0.15, -0.1) is 0 Å². The topological polar surface area (TPSA) is 55.1 Å². The number of hydrogen-bond acceptors (Lipinski definition) is 3. The van der Waals surface area contributed by atoms with E-state index in [1.807, 2.05) is 0 Å². The molecule has 28 heavy (non-hydrogen) atoms. The van der Waals surface area contributed by atoms with E-state index < -0.39 is 11.7 Å². The lowest BCUT2D eigenvalue weighted by molar-refractivity contribution is -0.137. The molecule has 0 unspecified atom stereocenters. The molecule has 0 atom stereocenters. The summed E-state index contributed by atoms with van der Waals surface area (Å²) in [4.78, 5) is 12.0. The van der Waals surface area contributed by atoms with Crippen LogP contribution >= 0.6 is 0 Å². The van der Waals surface area contributed by atoms with Crippen molar-refractivity contribution in [2.75, 3.05) is 0 Å². The minimum Gasteiger partial charge on any atom is -0.356 e. The monoisotopic (exact) mass is 392 g/mol. The standard InChI is InChI=1S/C20H16F4N2O2/c21-17-8-3-14(4-9-17)19-15(12-26-28-19)5-10-18(27)25-11-13-1-6-16(7-2-13)20(22,23)24/h1-4,6-9,12H,5,10-11H2,(H,25,27). The fraction of sp³-hybridized carbons (Fsp3) is 0.200. The smallest absolute Gasteiger partial charge is 0.356 e.